The third-order valence-corrected chi connectivity index (χ3v) is 1.85. The van der Waals surface area contributed by atoms with Crippen LogP contribution < -0.4 is 0 Å². The zero-order valence-corrected chi connectivity index (χ0v) is 9.36. The summed E-state index contributed by atoms with van der Waals surface area (Å²) >= 11 is 0. The first-order chi connectivity index (χ1) is 6.47. The van der Waals surface area contributed by atoms with Crippen molar-refractivity contribution in [2.24, 2.45) is 11.8 Å². The molecule has 0 aromatic carbocycles. The first kappa shape index (κ1) is 13.2. The summed E-state index contributed by atoms with van der Waals surface area (Å²) in [4.78, 5) is 11.3. The molecule has 0 amide bonds. The van der Waals surface area contributed by atoms with Gasteiger partial charge in [-0.3, -0.25) is 4.79 Å². The van der Waals surface area contributed by atoms with E-state index in [0.717, 1.165) is 6.42 Å². The Balaban J connectivity index is 4.32. The summed E-state index contributed by atoms with van der Waals surface area (Å²) in [6, 6.07) is 0. The van der Waals surface area contributed by atoms with E-state index in [1.807, 2.05) is 13.8 Å². The number of carbonyl (C=O) groups is 1. The fourth-order valence-electron chi connectivity index (χ4n) is 1.21. The zero-order valence-electron chi connectivity index (χ0n) is 9.36. The van der Waals surface area contributed by atoms with Gasteiger partial charge in [-0.1, -0.05) is 26.0 Å². The van der Waals surface area contributed by atoms with E-state index in [2.05, 4.69) is 4.74 Å². The minimum Gasteiger partial charge on any atom is -0.469 e. The molecule has 0 spiro atoms. The predicted molar refractivity (Wildman–Crippen MR) is 55.8 cm³/mol. The SMILES string of the molecule is COC(=O)[C@@H](C=C[C@H](C)O)CC(C)C. The highest BCUT2D eigenvalue weighted by Crippen LogP contribution is 2.14. The molecule has 0 radical (unpaired) electrons. The lowest BCUT2D eigenvalue weighted by Crippen LogP contribution is -2.16. The highest BCUT2D eigenvalue weighted by atomic mass is 16.5. The van der Waals surface area contributed by atoms with E-state index in [0.29, 0.717) is 5.92 Å². The van der Waals surface area contributed by atoms with Gasteiger partial charge in [-0.25, -0.2) is 0 Å². The number of aliphatic hydroxyl groups excluding tert-OH is 1. The van der Waals surface area contributed by atoms with Crippen LogP contribution in [0.4, 0.5) is 0 Å². The molecule has 0 fully saturated rings. The molecule has 3 heteroatoms. The van der Waals surface area contributed by atoms with Gasteiger partial charge in [0.05, 0.1) is 19.1 Å². The van der Waals surface area contributed by atoms with E-state index in [4.69, 9.17) is 5.11 Å². The first-order valence-corrected chi connectivity index (χ1v) is 4.91. The quantitative estimate of drug-likeness (QED) is 0.543. The number of hydrogen-bond acceptors (Lipinski definition) is 3. The number of methoxy groups -OCH3 is 1. The summed E-state index contributed by atoms with van der Waals surface area (Å²) in [5, 5.41) is 9.05. The van der Waals surface area contributed by atoms with Gasteiger partial charge in [0.15, 0.2) is 0 Å². The Bertz CT molecular complexity index is 195. The topological polar surface area (TPSA) is 46.5 Å². The fourth-order valence-corrected chi connectivity index (χ4v) is 1.21. The second-order valence-electron chi connectivity index (χ2n) is 3.88. The van der Waals surface area contributed by atoms with Gasteiger partial charge in [0, 0.05) is 0 Å². The first-order valence-electron chi connectivity index (χ1n) is 4.91. The lowest BCUT2D eigenvalue weighted by Gasteiger charge is -2.12. The molecule has 0 heterocycles. The smallest absolute Gasteiger partial charge is 0.312 e. The molecule has 0 rings (SSSR count). The van der Waals surface area contributed by atoms with Crippen LogP contribution in [-0.2, 0) is 9.53 Å². The van der Waals surface area contributed by atoms with Crippen LogP contribution in [0.5, 0.6) is 0 Å². The maximum Gasteiger partial charge on any atom is 0.312 e. The molecular weight excluding hydrogens is 180 g/mol. The molecule has 0 saturated carbocycles. The van der Waals surface area contributed by atoms with Crippen LogP contribution in [0.25, 0.3) is 0 Å². The lowest BCUT2D eigenvalue weighted by atomic mass is 9.96. The van der Waals surface area contributed by atoms with Crippen LogP contribution >= 0.6 is 0 Å². The Kier molecular flexibility index (Phi) is 6.21. The molecule has 0 aromatic heterocycles. The summed E-state index contributed by atoms with van der Waals surface area (Å²) in [7, 11) is 1.38. The number of rotatable bonds is 5. The molecule has 0 bridgehead atoms. The fraction of sp³-hybridized carbons (Fsp3) is 0.727. The second-order valence-corrected chi connectivity index (χ2v) is 3.88. The van der Waals surface area contributed by atoms with Crippen LogP contribution in [0.3, 0.4) is 0 Å². The van der Waals surface area contributed by atoms with E-state index in [9.17, 15) is 4.79 Å². The Labute approximate surface area is 85.8 Å². The minimum absolute atomic E-state index is 0.240. The van der Waals surface area contributed by atoms with E-state index in [1.54, 1.807) is 19.1 Å². The molecule has 0 aliphatic carbocycles. The molecule has 0 aromatic rings. The van der Waals surface area contributed by atoms with Gasteiger partial charge >= 0.3 is 5.97 Å². The molecule has 0 aliphatic heterocycles. The van der Waals surface area contributed by atoms with Crippen LogP contribution in [-0.4, -0.2) is 24.3 Å². The van der Waals surface area contributed by atoms with Gasteiger partial charge in [0.1, 0.15) is 0 Å². The zero-order chi connectivity index (χ0) is 11.1. The average Bonchev–Trinajstić information content (AvgIpc) is 2.10. The standard InChI is InChI=1S/C11H20O3/c1-8(2)7-10(11(13)14-4)6-5-9(3)12/h5-6,8-10,12H,7H2,1-4H3/t9-,10-/m0/s1. The van der Waals surface area contributed by atoms with Crippen molar-refractivity contribution < 1.29 is 14.6 Å². The van der Waals surface area contributed by atoms with Crippen molar-refractivity contribution in [1.29, 1.82) is 0 Å². The largest absolute Gasteiger partial charge is 0.469 e. The van der Waals surface area contributed by atoms with Crippen LogP contribution in [0.1, 0.15) is 27.2 Å². The molecule has 0 aliphatic rings. The van der Waals surface area contributed by atoms with Crippen molar-refractivity contribution in [3.8, 4) is 0 Å². The van der Waals surface area contributed by atoms with Crippen molar-refractivity contribution in [3.05, 3.63) is 12.2 Å². The van der Waals surface area contributed by atoms with Gasteiger partial charge in [-0.2, -0.15) is 0 Å². The summed E-state index contributed by atoms with van der Waals surface area (Å²) < 4.78 is 4.67. The molecule has 82 valence electrons. The van der Waals surface area contributed by atoms with Crippen molar-refractivity contribution in [2.75, 3.05) is 7.11 Å². The van der Waals surface area contributed by atoms with Crippen LogP contribution in [0, 0.1) is 11.8 Å². The van der Waals surface area contributed by atoms with E-state index in [1.165, 1.54) is 7.11 Å². The molecule has 0 unspecified atom stereocenters. The highest BCUT2D eigenvalue weighted by Gasteiger charge is 2.17. The van der Waals surface area contributed by atoms with Crippen molar-refractivity contribution in [3.63, 3.8) is 0 Å². The molecular formula is C11H20O3. The number of aliphatic hydroxyl groups is 1. The van der Waals surface area contributed by atoms with Crippen LogP contribution in [0.15, 0.2) is 12.2 Å². The Morgan fingerprint density at radius 3 is 2.29 bits per heavy atom. The summed E-state index contributed by atoms with van der Waals surface area (Å²) in [5.41, 5.74) is 0. The highest BCUT2D eigenvalue weighted by molar-refractivity contribution is 5.74. The second kappa shape index (κ2) is 6.60. The Morgan fingerprint density at radius 1 is 1.36 bits per heavy atom. The maximum atomic E-state index is 11.3. The van der Waals surface area contributed by atoms with E-state index < -0.39 is 6.10 Å². The number of carbonyl (C=O) groups excluding carboxylic acids is 1. The number of ether oxygens (including phenoxy) is 1. The number of hydrogen-bond donors (Lipinski definition) is 1. The van der Waals surface area contributed by atoms with Crippen LogP contribution in [0.2, 0.25) is 0 Å². The summed E-state index contributed by atoms with van der Waals surface area (Å²) in [5.74, 6) is -0.0528. The summed E-state index contributed by atoms with van der Waals surface area (Å²) in [6.45, 7) is 5.75. The van der Waals surface area contributed by atoms with Gasteiger partial charge in [-0.05, 0) is 19.3 Å². The average molecular weight is 200 g/mol. The molecule has 3 nitrogen and oxygen atoms in total. The van der Waals surface area contributed by atoms with Gasteiger partial charge in [-0.15, -0.1) is 0 Å². The third kappa shape index (κ3) is 5.75. The Hall–Kier alpha value is -0.830. The molecule has 2 atom stereocenters. The van der Waals surface area contributed by atoms with Crippen molar-refractivity contribution >= 4 is 5.97 Å². The molecule has 1 N–H and O–H groups in total. The molecule has 14 heavy (non-hydrogen) atoms. The predicted octanol–water partition coefficient (Wildman–Crippen LogP) is 1.76. The monoisotopic (exact) mass is 200 g/mol. The third-order valence-electron chi connectivity index (χ3n) is 1.85. The number of esters is 1. The van der Waals surface area contributed by atoms with Gasteiger partial charge in [0.25, 0.3) is 0 Å². The van der Waals surface area contributed by atoms with Crippen molar-refractivity contribution in [1.82, 2.24) is 0 Å². The maximum absolute atomic E-state index is 11.3. The van der Waals surface area contributed by atoms with E-state index in [-0.39, 0.29) is 11.9 Å². The normalized spacial score (nSPS) is 15.9. The minimum atomic E-state index is -0.519. The van der Waals surface area contributed by atoms with E-state index >= 15 is 0 Å². The molecule has 0 saturated heterocycles. The Morgan fingerprint density at radius 2 is 1.93 bits per heavy atom. The lowest BCUT2D eigenvalue weighted by molar-refractivity contribution is -0.144. The van der Waals surface area contributed by atoms with Gasteiger partial charge in [0.2, 0.25) is 0 Å². The summed E-state index contributed by atoms with van der Waals surface area (Å²) in [6.07, 6.45) is 3.56. The van der Waals surface area contributed by atoms with Gasteiger partial charge < -0.3 is 9.84 Å². The van der Waals surface area contributed by atoms with Crippen molar-refractivity contribution in [2.45, 2.75) is 33.3 Å².